The van der Waals surface area contributed by atoms with E-state index in [-0.39, 0.29) is 5.91 Å². The zero-order chi connectivity index (χ0) is 19.1. The number of nitrogens with one attached hydrogen (secondary N) is 1. The highest BCUT2D eigenvalue weighted by atomic mass is 32.2. The minimum absolute atomic E-state index is 0.104. The number of thioether (sulfide) groups is 1. The molecule has 1 aliphatic heterocycles. The van der Waals surface area contributed by atoms with Crippen molar-refractivity contribution >= 4 is 17.7 Å². The van der Waals surface area contributed by atoms with E-state index in [0.29, 0.717) is 17.9 Å². The van der Waals surface area contributed by atoms with Crippen LogP contribution in [0, 0.1) is 0 Å². The highest BCUT2D eigenvalue weighted by Gasteiger charge is 2.15. The fraction of sp³-hybridized carbons (Fsp3) is 0.409. The number of methoxy groups -OCH3 is 1. The van der Waals surface area contributed by atoms with E-state index in [1.165, 1.54) is 43.5 Å². The molecule has 0 aliphatic carbocycles. The van der Waals surface area contributed by atoms with Crippen LogP contribution in [0.4, 0.5) is 0 Å². The molecule has 1 heterocycles. The summed E-state index contributed by atoms with van der Waals surface area (Å²) in [4.78, 5) is 16.3. The molecule has 3 rings (SSSR count). The van der Waals surface area contributed by atoms with Crippen molar-refractivity contribution in [3.63, 3.8) is 0 Å². The van der Waals surface area contributed by atoms with E-state index in [1.807, 2.05) is 30.5 Å². The first-order valence-corrected chi connectivity index (χ1v) is 10.7. The molecule has 2 aromatic carbocycles. The van der Waals surface area contributed by atoms with Crippen molar-refractivity contribution in [3.8, 4) is 5.75 Å². The van der Waals surface area contributed by atoms with Crippen molar-refractivity contribution in [3.05, 3.63) is 59.2 Å². The van der Waals surface area contributed by atoms with E-state index in [9.17, 15) is 4.79 Å². The summed E-state index contributed by atoms with van der Waals surface area (Å²) >= 11 is 1.63. The molecule has 144 valence electrons. The summed E-state index contributed by atoms with van der Waals surface area (Å²) < 4.78 is 5.40. The topological polar surface area (TPSA) is 41.6 Å². The second-order valence-corrected chi connectivity index (χ2v) is 7.73. The van der Waals surface area contributed by atoms with Crippen LogP contribution < -0.4 is 10.1 Å². The van der Waals surface area contributed by atoms with E-state index in [0.717, 1.165) is 11.4 Å². The van der Waals surface area contributed by atoms with Gasteiger partial charge in [-0.25, -0.2) is 0 Å². The van der Waals surface area contributed by atoms with Crippen molar-refractivity contribution in [1.29, 1.82) is 0 Å². The van der Waals surface area contributed by atoms with Crippen molar-refractivity contribution in [2.75, 3.05) is 26.5 Å². The first-order valence-electron chi connectivity index (χ1n) is 9.50. The maximum absolute atomic E-state index is 12.7. The van der Waals surface area contributed by atoms with Crippen LogP contribution in [0.5, 0.6) is 5.75 Å². The summed E-state index contributed by atoms with van der Waals surface area (Å²) in [5.74, 6) is 0.508. The molecule has 1 aliphatic rings. The highest BCUT2D eigenvalue weighted by molar-refractivity contribution is 7.98. The summed E-state index contributed by atoms with van der Waals surface area (Å²) in [6, 6.07) is 14.1. The normalized spacial score (nSPS) is 14.7. The molecule has 0 aromatic heterocycles. The molecule has 5 heteroatoms. The molecule has 2 aromatic rings. The lowest BCUT2D eigenvalue weighted by molar-refractivity contribution is 0.0947. The molecule has 4 nitrogen and oxygen atoms in total. The minimum Gasteiger partial charge on any atom is -0.496 e. The Balaban J connectivity index is 1.67. The maximum Gasteiger partial charge on any atom is 0.255 e. The average molecular weight is 385 g/mol. The Bertz CT molecular complexity index is 773. The molecule has 27 heavy (non-hydrogen) atoms. The van der Waals surface area contributed by atoms with Gasteiger partial charge in [0.1, 0.15) is 5.75 Å². The van der Waals surface area contributed by atoms with Gasteiger partial charge in [-0.3, -0.25) is 9.69 Å². The van der Waals surface area contributed by atoms with Gasteiger partial charge in [0.05, 0.1) is 12.7 Å². The van der Waals surface area contributed by atoms with Gasteiger partial charge in [0.25, 0.3) is 5.91 Å². The monoisotopic (exact) mass is 384 g/mol. The average Bonchev–Trinajstić information content (AvgIpc) is 2.73. The molecular weight excluding hydrogens is 356 g/mol. The lowest BCUT2D eigenvalue weighted by atomic mass is 10.0. The highest BCUT2D eigenvalue weighted by Crippen LogP contribution is 2.25. The Morgan fingerprint density at radius 1 is 1.11 bits per heavy atom. The fourth-order valence-corrected chi connectivity index (χ4v) is 3.93. The smallest absolute Gasteiger partial charge is 0.255 e. The summed E-state index contributed by atoms with van der Waals surface area (Å²) in [5.41, 5.74) is 3.05. The Hall–Kier alpha value is -1.98. The van der Waals surface area contributed by atoms with Gasteiger partial charge >= 0.3 is 0 Å². The fourth-order valence-electron chi connectivity index (χ4n) is 3.50. The first kappa shape index (κ1) is 19.8. The molecule has 1 amide bonds. The molecule has 0 saturated carbocycles. The van der Waals surface area contributed by atoms with E-state index >= 15 is 0 Å². The Morgan fingerprint density at radius 2 is 1.85 bits per heavy atom. The number of carbonyl (C=O) groups is 1. The number of hydrogen-bond donors (Lipinski definition) is 1. The van der Waals surface area contributed by atoms with E-state index in [2.05, 4.69) is 28.4 Å². The van der Waals surface area contributed by atoms with Crippen LogP contribution in [0.1, 0.15) is 40.7 Å². The predicted octanol–water partition coefficient (Wildman–Crippen LogP) is 4.33. The molecule has 0 radical (unpaired) electrons. The van der Waals surface area contributed by atoms with Gasteiger partial charge in [0, 0.05) is 18.0 Å². The van der Waals surface area contributed by atoms with E-state index in [1.54, 1.807) is 18.9 Å². The molecule has 1 saturated heterocycles. The third-order valence-corrected chi connectivity index (χ3v) is 5.78. The van der Waals surface area contributed by atoms with Crippen LogP contribution >= 0.6 is 11.8 Å². The Kier molecular flexibility index (Phi) is 7.18. The van der Waals surface area contributed by atoms with E-state index < -0.39 is 0 Å². The van der Waals surface area contributed by atoms with Gasteiger partial charge in [-0.2, -0.15) is 0 Å². The molecule has 1 fully saturated rings. The minimum atomic E-state index is -0.104. The quantitative estimate of drug-likeness (QED) is 0.722. The number of hydrogen-bond acceptors (Lipinski definition) is 4. The van der Waals surface area contributed by atoms with Crippen molar-refractivity contribution in [2.24, 2.45) is 0 Å². The number of likely N-dealkylation sites (tertiary alicyclic amines) is 1. The van der Waals surface area contributed by atoms with Crippen molar-refractivity contribution in [1.82, 2.24) is 10.2 Å². The molecule has 0 bridgehead atoms. The van der Waals surface area contributed by atoms with Crippen molar-refractivity contribution < 1.29 is 9.53 Å². The lowest BCUT2D eigenvalue weighted by Crippen LogP contribution is -2.30. The molecular formula is C22H28N2O2S. The zero-order valence-electron chi connectivity index (χ0n) is 16.2. The van der Waals surface area contributed by atoms with E-state index in [4.69, 9.17) is 4.74 Å². The zero-order valence-corrected chi connectivity index (χ0v) is 17.0. The second-order valence-electron chi connectivity index (χ2n) is 6.85. The summed E-state index contributed by atoms with van der Waals surface area (Å²) in [6.45, 7) is 3.81. The Labute approximate surface area is 166 Å². The van der Waals surface area contributed by atoms with Crippen LogP contribution in [0.25, 0.3) is 0 Å². The largest absolute Gasteiger partial charge is 0.496 e. The number of benzene rings is 2. The van der Waals surface area contributed by atoms with Gasteiger partial charge in [-0.05, 0) is 61.5 Å². The number of rotatable bonds is 7. The summed E-state index contributed by atoms with van der Waals surface area (Å²) in [7, 11) is 1.60. The number of piperidine rings is 1. The van der Waals surface area contributed by atoms with Crippen LogP contribution in [-0.2, 0) is 13.1 Å². The van der Waals surface area contributed by atoms with Crippen molar-refractivity contribution in [2.45, 2.75) is 37.2 Å². The first-order chi connectivity index (χ1) is 13.2. The maximum atomic E-state index is 12.7. The SMILES string of the molecule is COc1cc(SC)ccc1C(=O)NCc1ccccc1CN1CCCCC1. The standard InChI is InChI=1S/C22H28N2O2S/c1-26-21-14-19(27-2)10-11-20(21)22(25)23-15-17-8-4-5-9-18(17)16-24-12-6-3-7-13-24/h4-5,8-11,14H,3,6-7,12-13,15-16H2,1-2H3,(H,23,25). The molecule has 1 N–H and O–H groups in total. The second kappa shape index (κ2) is 9.81. The van der Waals surface area contributed by atoms with Crippen LogP contribution in [0.15, 0.2) is 47.4 Å². The number of ether oxygens (including phenoxy) is 1. The van der Waals surface area contributed by atoms with Gasteiger partial charge in [0.15, 0.2) is 0 Å². The summed E-state index contributed by atoms with van der Waals surface area (Å²) in [6.07, 6.45) is 5.91. The van der Waals surface area contributed by atoms with Crippen LogP contribution in [0.2, 0.25) is 0 Å². The lowest BCUT2D eigenvalue weighted by Gasteiger charge is -2.27. The molecule has 0 spiro atoms. The molecule has 0 atom stereocenters. The number of amides is 1. The van der Waals surface area contributed by atoms with Gasteiger partial charge < -0.3 is 10.1 Å². The predicted molar refractivity (Wildman–Crippen MR) is 112 cm³/mol. The van der Waals surface area contributed by atoms with Gasteiger partial charge in [-0.1, -0.05) is 30.7 Å². The summed E-state index contributed by atoms with van der Waals surface area (Å²) in [5, 5.41) is 3.06. The Morgan fingerprint density at radius 3 is 2.56 bits per heavy atom. The third-order valence-electron chi connectivity index (χ3n) is 5.05. The van der Waals surface area contributed by atoms with Gasteiger partial charge in [-0.15, -0.1) is 11.8 Å². The molecule has 0 unspecified atom stereocenters. The van der Waals surface area contributed by atoms with Gasteiger partial charge in [0.2, 0.25) is 0 Å². The third kappa shape index (κ3) is 5.27. The number of carbonyl (C=O) groups excluding carboxylic acids is 1. The van der Waals surface area contributed by atoms with Crippen LogP contribution in [-0.4, -0.2) is 37.3 Å². The van der Waals surface area contributed by atoms with Crippen LogP contribution in [0.3, 0.4) is 0 Å². The number of nitrogens with zero attached hydrogens (tertiary/aromatic N) is 1.